The van der Waals surface area contributed by atoms with Crippen LogP contribution in [0.5, 0.6) is 0 Å². The van der Waals surface area contributed by atoms with Crippen LogP contribution in [-0.4, -0.2) is 34.7 Å². The number of fused-ring (bicyclic) bond motifs is 1. The van der Waals surface area contributed by atoms with Crippen LogP contribution in [0.3, 0.4) is 0 Å². The molecule has 3 unspecified atom stereocenters. The third-order valence-electron chi connectivity index (χ3n) is 2.00. The maximum absolute atomic E-state index is 11.5. The quantitative estimate of drug-likeness (QED) is 0.359. The molecule has 0 aromatic carbocycles. The molecule has 0 aliphatic carbocycles. The second-order valence-corrected chi connectivity index (χ2v) is 3.06. The molecule has 8 nitrogen and oxygen atoms in total. The van der Waals surface area contributed by atoms with Gasteiger partial charge in [-0.25, -0.2) is 4.79 Å². The minimum Gasteiger partial charge on any atom is -0.352 e. The summed E-state index contributed by atoms with van der Waals surface area (Å²) in [6.45, 7) is 1.38. The van der Waals surface area contributed by atoms with Crippen molar-refractivity contribution in [2.24, 2.45) is 5.73 Å². The molecule has 8 heteroatoms. The number of nitrogens with one attached hydrogen (secondary N) is 1. The zero-order valence-corrected chi connectivity index (χ0v) is 7.14. The normalized spacial score (nSPS) is 40.4. The first-order valence-electron chi connectivity index (χ1n) is 3.81. The fourth-order valence-corrected chi connectivity index (χ4v) is 1.20. The molecule has 2 saturated heterocycles. The SMILES string of the molecule is CC(NC(N)=O)C(=O)C12OOC1(O)O2. The number of hydrogen-bond acceptors (Lipinski definition) is 6. The van der Waals surface area contributed by atoms with Crippen molar-refractivity contribution in [1.29, 1.82) is 0 Å². The van der Waals surface area contributed by atoms with Crippen molar-refractivity contribution in [3.8, 4) is 0 Å². The molecule has 0 radical (unpaired) electrons. The van der Waals surface area contributed by atoms with Gasteiger partial charge in [0.1, 0.15) is 0 Å². The molecule has 0 saturated carbocycles. The lowest BCUT2D eigenvalue weighted by Gasteiger charge is -2.23. The summed E-state index contributed by atoms with van der Waals surface area (Å²) in [5, 5.41) is 11.3. The Hall–Kier alpha value is -1.22. The van der Waals surface area contributed by atoms with Crippen LogP contribution in [0.4, 0.5) is 4.79 Å². The Morgan fingerprint density at radius 1 is 1.50 bits per heavy atom. The summed E-state index contributed by atoms with van der Waals surface area (Å²) < 4.78 is 4.54. The van der Waals surface area contributed by atoms with E-state index < -0.39 is 29.6 Å². The number of primary amides is 1. The van der Waals surface area contributed by atoms with E-state index in [9.17, 15) is 9.59 Å². The number of Topliss-reactive ketones (excluding diaryl/α,β-unsaturated/α-hetero) is 1. The van der Waals surface area contributed by atoms with Gasteiger partial charge in [-0.05, 0) is 6.92 Å². The molecule has 0 bridgehead atoms. The number of epoxide rings is 1. The highest BCUT2D eigenvalue weighted by molar-refractivity contribution is 5.96. The van der Waals surface area contributed by atoms with Crippen LogP contribution >= 0.6 is 0 Å². The molecule has 0 aromatic rings. The fraction of sp³-hybridized carbons (Fsp3) is 0.667. The Morgan fingerprint density at radius 3 is 2.43 bits per heavy atom. The average Bonchev–Trinajstić information content (AvgIpc) is 2.49. The smallest absolute Gasteiger partial charge is 0.352 e. The van der Waals surface area contributed by atoms with E-state index in [1.165, 1.54) is 6.92 Å². The van der Waals surface area contributed by atoms with Crippen LogP contribution in [0.25, 0.3) is 0 Å². The van der Waals surface area contributed by atoms with Crippen LogP contribution in [0.1, 0.15) is 6.92 Å². The van der Waals surface area contributed by atoms with Crippen LogP contribution in [0.2, 0.25) is 0 Å². The highest BCUT2D eigenvalue weighted by Gasteiger charge is 2.89. The van der Waals surface area contributed by atoms with Crippen LogP contribution in [0.15, 0.2) is 0 Å². The van der Waals surface area contributed by atoms with Gasteiger partial charge >= 0.3 is 17.8 Å². The van der Waals surface area contributed by atoms with Gasteiger partial charge in [-0.3, -0.25) is 9.53 Å². The summed E-state index contributed by atoms with van der Waals surface area (Å²) in [6.07, 6.45) is 0. The fourth-order valence-electron chi connectivity index (χ4n) is 1.20. The molecule has 0 aromatic heterocycles. The topological polar surface area (TPSA) is 123 Å². The molecule has 78 valence electrons. The van der Waals surface area contributed by atoms with Gasteiger partial charge in [0.25, 0.3) is 0 Å². The van der Waals surface area contributed by atoms with Gasteiger partial charge in [0.15, 0.2) is 0 Å². The van der Waals surface area contributed by atoms with Crippen molar-refractivity contribution in [3.05, 3.63) is 0 Å². The van der Waals surface area contributed by atoms with Gasteiger partial charge in [0.2, 0.25) is 5.78 Å². The van der Waals surface area contributed by atoms with Crippen LogP contribution in [0, 0.1) is 0 Å². The minimum absolute atomic E-state index is 0.662. The summed E-state index contributed by atoms with van der Waals surface area (Å²) in [5.74, 6) is -4.43. The van der Waals surface area contributed by atoms with E-state index in [1.54, 1.807) is 0 Å². The summed E-state index contributed by atoms with van der Waals surface area (Å²) in [5.41, 5.74) is 4.80. The van der Waals surface area contributed by atoms with Gasteiger partial charge in [-0.2, -0.15) is 9.78 Å². The molecule has 2 aliphatic rings. The lowest BCUT2D eigenvalue weighted by Crippen LogP contribution is -2.55. The number of rotatable bonds is 3. The zero-order chi connectivity index (χ0) is 10.6. The van der Waals surface area contributed by atoms with Crippen LogP contribution in [-0.2, 0) is 19.3 Å². The van der Waals surface area contributed by atoms with E-state index >= 15 is 0 Å². The molecule has 14 heavy (non-hydrogen) atoms. The van der Waals surface area contributed by atoms with Gasteiger partial charge < -0.3 is 16.2 Å². The molecule has 3 atom stereocenters. The second-order valence-electron chi connectivity index (χ2n) is 3.06. The lowest BCUT2D eigenvalue weighted by atomic mass is 10.1. The molecule has 2 aliphatic heterocycles. The number of nitrogens with two attached hydrogens (primary N) is 1. The third kappa shape index (κ3) is 0.960. The number of urea groups is 1. The number of amides is 2. The molecule has 2 heterocycles. The molecular formula is C6H8N2O6. The van der Waals surface area contributed by atoms with Crippen molar-refractivity contribution >= 4 is 11.8 Å². The van der Waals surface area contributed by atoms with Crippen molar-refractivity contribution in [2.75, 3.05) is 0 Å². The molecular weight excluding hydrogens is 196 g/mol. The van der Waals surface area contributed by atoms with E-state index in [1.807, 2.05) is 0 Å². The molecule has 2 amide bonds. The van der Waals surface area contributed by atoms with Crippen molar-refractivity contribution in [2.45, 2.75) is 24.7 Å². The summed E-state index contributed by atoms with van der Waals surface area (Å²) in [4.78, 5) is 30.4. The molecule has 2 fully saturated rings. The Balaban J connectivity index is 2.00. The maximum atomic E-state index is 11.5. The van der Waals surface area contributed by atoms with E-state index in [-0.39, 0.29) is 0 Å². The number of carbonyl (C=O) groups excluding carboxylic acids is 2. The van der Waals surface area contributed by atoms with Gasteiger partial charge in [0.05, 0.1) is 6.04 Å². The zero-order valence-electron chi connectivity index (χ0n) is 7.14. The van der Waals surface area contributed by atoms with Gasteiger partial charge in [-0.1, -0.05) is 0 Å². The molecule has 0 spiro atoms. The number of ether oxygens (including phenoxy) is 1. The number of carbonyl (C=O) groups is 2. The third-order valence-corrected chi connectivity index (χ3v) is 2.00. The van der Waals surface area contributed by atoms with Gasteiger partial charge in [-0.15, -0.1) is 0 Å². The van der Waals surface area contributed by atoms with E-state index in [2.05, 4.69) is 19.8 Å². The van der Waals surface area contributed by atoms with Gasteiger partial charge in [0, 0.05) is 0 Å². The number of aliphatic hydroxyl groups is 1. The highest BCUT2D eigenvalue weighted by atomic mass is 17.4. The largest absolute Gasteiger partial charge is 0.379 e. The minimum atomic E-state index is -1.99. The van der Waals surface area contributed by atoms with Crippen molar-refractivity contribution in [1.82, 2.24) is 5.32 Å². The number of hydrogen-bond donors (Lipinski definition) is 3. The predicted molar refractivity (Wildman–Crippen MR) is 38.1 cm³/mol. The van der Waals surface area contributed by atoms with E-state index in [0.717, 1.165) is 0 Å². The first kappa shape index (κ1) is 9.34. The average molecular weight is 204 g/mol. The summed E-state index contributed by atoms with van der Waals surface area (Å²) in [7, 11) is 0. The monoisotopic (exact) mass is 204 g/mol. The van der Waals surface area contributed by atoms with Crippen molar-refractivity contribution < 1.29 is 29.2 Å². The predicted octanol–water partition coefficient (Wildman–Crippen LogP) is -2.05. The highest BCUT2D eigenvalue weighted by Crippen LogP contribution is 2.57. The molecule has 4 N–H and O–H groups in total. The van der Waals surface area contributed by atoms with Crippen LogP contribution < -0.4 is 11.1 Å². The number of ketones is 1. The molecule has 2 rings (SSSR count). The second kappa shape index (κ2) is 2.42. The first-order chi connectivity index (χ1) is 6.41. The standard InChI is InChI=1S/C6H8N2O6/c1-2(8-4(7)10)3(9)5-6(11,12-5)14-13-5/h2,11H,1H3,(H3,7,8,10). The van der Waals surface area contributed by atoms with E-state index in [4.69, 9.17) is 10.8 Å². The lowest BCUT2D eigenvalue weighted by molar-refractivity contribution is -0.501. The Morgan fingerprint density at radius 2 is 2.14 bits per heavy atom. The maximum Gasteiger partial charge on any atom is 0.379 e. The Bertz CT molecular complexity index is 319. The first-order valence-corrected chi connectivity index (χ1v) is 3.81. The van der Waals surface area contributed by atoms with Crippen molar-refractivity contribution in [3.63, 3.8) is 0 Å². The Labute approximate surface area is 77.8 Å². The van der Waals surface area contributed by atoms with E-state index in [0.29, 0.717) is 0 Å². The summed E-state index contributed by atoms with van der Waals surface area (Å²) >= 11 is 0. The summed E-state index contributed by atoms with van der Waals surface area (Å²) in [6, 6.07) is -1.78. The Kier molecular flexibility index (Phi) is 1.61.